The molecule has 2 aromatic heterocycles. The predicted molar refractivity (Wildman–Crippen MR) is 220 cm³/mol. The van der Waals surface area contributed by atoms with E-state index in [-0.39, 0.29) is 42.6 Å². The molecule has 0 bridgehead atoms. The smallest absolute Gasteiger partial charge is 0.279 e. The number of nitrogens with zero attached hydrogens (tertiary/aromatic N) is 6. The Morgan fingerprint density at radius 1 is 0.879 bits per heavy atom. The summed E-state index contributed by atoms with van der Waals surface area (Å²) < 4.78 is 26.3. The monoisotopic (exact) mass is 798 g/mol. The largest absolute Gasteiger partial charge is 0.394 e. The number of aliphatic hydroxyl groups excluding tert-OH is 1. The molecule has 3 aliphatic rings. The van der Waals surface area contributed by atoms with Gasteiger partial charge in [0.2, 0.25) is 14.3 Å². The number of ether oxygens (including phenoxy) is 1. The SMILES string of the molecule is C[C@@H]1[C@@H]([Si](C)(C)F)[C@H](CC(=O)N2CCC[C@H]2CO)O[C@@]12C(=O)N(Cc1cccc(-n3ncc4ccccc4c3=O)c1)c1ccc(-n3ncc4ccccc4c3=O)cc12. The van der Waals surface area contributed by atoms with Gasteiger partial charge < -0.3 is 23.8 Å². The van der Waals surface area contributed by atoms with Crippen molar-refractivity contribution in [2.24, 2.45) is 5.92 Å². The van der Waals surface area contributed by atoms with Gasteiger partial charge in [-0.25, -0.2) is 0 Å². The molecule has 5 heterocycles. The maximum atomic E-state index is 16.7. The molecule has 0 radical (unpaired) electrons. The molecule has 296 valence electrons. The fraction of sp³-hybridized carbons (Fsp3) is 0.318. The van der Waals surface area contributed by atoms with E-state index in [9.17, 15) is 19.5 Å². The van der Waals surface area contributed by atoms with Gasteiger partial charge in [0.15, 0.2) is 5.60 Å². The molecule has 2 fully saturated rings. The Kier molecular flexibility index (Phi) is 9.25. The van der Waals surface area contributed by atoms with Gasteiger partial charge in [-0.3, -0.25) is 19.2 Å². The van der Waals surface area contributed by atoms with Gasteiger partial charge in [0.1, 0.15) is 0 Å². The van der Waals surface area contributed by atoms with Crippen molar-refractivity contribution in [1.82, 2.24) is 24.5 Å². The van der Waals surface area contributed by atoms with Gasteiger partial charge in [-0.15, -0.1) is 0 Å². The van der Waals surface area contributed by atoms with E-state index in [0.717, 1.165) is 11.8 Å². The van der Waals surface area contributed by atoms with Crippen LogP contribution in [0.4, 0.5) is 9.80 Å². The number of aliphatic hydroxyl groups is 1. The Bertz CT molecular complexity index is 2750. The van der Waals surface area contributed by atoms with Gasteiger partial charge >= 0.3 is 0 Å². The first-order valence-electron chi connectivity index (χ1n) is 19.7. The number of rotatable bonds is 8. The summed E-state index contributed by atoms with van der Waals surface area (Å²) in [6, 6.07) is 26.5. The van der Waals surface area contributed by atoms with Crippen LogP contribution in [-0.4, -0.2) is 75.1 Å². The second kappa shape index (κ2) is 14.2. The van der Waals surface area contributed by atoms with Crippen LogP contribution in [0, 0.1) is 5.92 Å². The normalized spacial score (nSPS) is 23.1. The van der Waals surface area contributed by atoms with Crippen molar-refractivity contribution < 1.29 is 23.5 Å². The van der Waals surface area contributed by atoms with E-state index >= 15 is 8.90 Å². The molecule has 0 unspecified atom stereocenters. The minimum absolute atomic E-state index is 0.0734. The van der Waals surface area contributed by atoms with Crippen molar-refractivity contribution in [3.63, 3.8) is 0 Å². The zero-order chi connectivity index (χ0) is 40.5. The number of carbonyl (C=O) groups is 2. The number of hydrogen-bond donors (Lipinski definition) is 1. The molecule has 2 amide bonds. The molecule has 14 heteroatoms. The molecule has 1 N–H and O–H groups in total. The highest BCUT2D eigenvalue weighted by Crippen LogP contribution is 2.60. The molecule has 0 aliphatic carbocycles. The Balaban J connectivity index is 1.15. The number of halogens is 1. The van der Waals surface area contributed by atoms with Gasteiger partial charge in [-0.2, -0.15) is 19.6 Å². The van der Waals surface area contributed by atoms with Crippen molar-refractivity contribution in [3.8, 4) is 11.4 Å². The lowest BCUT2D eigenvalue weighted by Gasteiger charge is -2.31. The van der Waals surface area contributed by atoms with Crippen LogP contribution in [0.5, 0.6) is 0 Å². The third kappa shape index (κ3) is 6.00. The first-order valence-corrected chi connectivity index (χ1v) is 22.6. The number of hydrogen-bond acceptors (Lipinski definition) is 8. The molecule has 58 heavy (non-hydrogen) atoms. The topological polar surface area (TPSA) is 140 Å². The minimum atomic E-state index is -3.63. The molecule has 9 rings (SSSR count). The van der Waals surface area contributed by atoms with Crippen LogP contribution in [0.15, 0.2) is 113 Å². The summed E-state index contributed by atoms with van der Waals surface area (Å²) in [5, 5.41) is 21.3. The highest BCUT2D eigenvalue weighted by Gasteiger charge is 2.67. The number of amides is 2. The van der Waals surface area contributed by atoms with Gasteiger partial charge in [-0.1, -0.05) is 55.5 Å². The molecular formula is C44H43FN6O6Si. The van der Waals surface area contributed by atoms with Gasteiger partial charge in [-0.05, 0) is 74.0 Å². The number of carbonyl (C=O) groups excluding carboxylic acids is 2. The van der Waals surface area contributed by atoms with E-state index in [2.05, 4.69) is 10.2 Å². The molecule has 6 aromatic rings. The predicted octanol–water partition coefficient (Wildman–Crippen LogP) is 5.78. The third-order valence-electron chi connectivity index (χ3n) is 12.4. The fourth-order valence-electron chi connectivity index (χ4n) is 9.69. The molecule has 1 spiro atoms. The lowest BCUT2D eigenvalue weighted by Crippen LogP contribution is -2.45. The van der Waals surface area contributed by atoms with Crippen LogP contribution < -0.4 is 16.0 Å². The molecule has 0 saturated carbocycles. The number of aromatic nitrogens is 4. The number of likely N-dealkylation sites (tertiary alicyclic amines) is 1. The Morgan fingerprint density at radius 2 is 1.52 bits per heavy atom. The number of anilines is 1. The summed E-state index contributed by atoms with van der Waals surface area (Å²) >= 11 is 0. The molecule has 4 aromatic carbocycles. The average molecular weight is 799 g/mol. The van der Waals surface area contributed by atoms with Gasteiger partial charge in [0.05, 0.1) is 71.9 Å². The zero-order valence-corrected chi connectivity index (χ0v) is 33.4. The quantitative estimate of drug-likeness (QED) is 0.151. The van der Waals surface area contributed by atoms with E-state index in [4.69, 9.17) is 4.74 Å². The van der Waals surface area contributed by atoms with Crippen molar-refractivity contribution >= 4 is 47.5 Å². The molecular weight excluding hydrogens is 756 g/mol. The van der Waals surface area contributed by atoms with Crippen molar-refractivity contribution in [3.05, 3.63) is 135 Å². The lowest BCUT2D eigenvalue weighted by atomic mass is 9.82. The summed E-state index contributed by atoms with van der Waals surface area (Å²) in [7, 11) is -3.63. The second-order valence-electron chi connectivity index (χ2n) is 16.2. The Morgan fingerprint density at radius 3 is 2.16 bits per heavy atom. The maximum Gasteiger partial charge on any atom is 0.279 e. The maximum absolute atomic E-state index is 16.7. The molecule has 2 saturated heterocycles. The minimum Gasteiger partial charge on any atom is -0.394 e. The van der Waals surface area contributed by atoms with Crippen LogP contribution in [0.3, 0.4) is 0 Å². The summed E-state index contributed by atoms with van der Waals surface area (Å²) in [5.41, 5.74) is -0.473. The summed E-state index contributed by atoms with van der Waals surface area (Å²) in [6.45, 7) is 5.40. The summed E-state index contributed by atoms with van der Waals surface area (Å²) in [5.74, 6) is -1.36. The van der Waals surface area contributed by atoms with Crippen LogP contribution in [0.2, 0.25) is 18.6 Å². The van der Waals surface area contributed by atoms with Crippen LogP contribution in [0.1, 0.15) is 37.3 Å². The standard InChI is InChI=1S/C44H43FN6O6Si/c1-27-40(58(2,3)45)38(22-39(53)48-19-9-14-33(48)26-52)57-44(27)36-21-32(51-42(55)35-16-7-5-12-30(35)24-47-51)17-18-37(36)49(43(44)56)25-28-10-8-13-31(20-28)50-41(54)34-15-6-4-11-29(34)23-46-50/h4-8,10-13,15-18,20-21,23-24,27,33,38,40,52H,9,14,19,22,25-26H2,1-3H3/t27-,33+,38+,40-,44+/m1/s1. The number of fused-ring (bicyclic) bond motifs is 4. The zero-order valence-electron chi connectivity index (χ0n) is 32.4. The van der Waals surface area contributed by atoms with Crippen molar-refractivity contribution in [2.45, 2.75) is 69.1 Å². The molecule has 3 aliphatic heterocycles. The Hall–Kier alpha value is -5.83. The van der Waals surface area contributed by atoms with E-state index in [1.807, 2.05) is 43.3 Å². The first kappa shape index (κ1) is 37.7. The van der Waals surface area contributed by atoms with Crippen molar-refractivity contribution in [2.75, 3.05) is 18.1 Å². The van der Waals surface area contributed by atoms with E-state index in [1.165, 1.54) is 9.36 Å². The summed E-state index contributed by atoms with van der Waals surface area (Å²) in [4.78, 5) is 59.8. The summed E-state index contributed by atoms with van der Waals surface area (Å²) in [6.07, 6.45) is 3.62. The average Bonchev–Trinajstić information content (AvgIpc) is 3.88. The highest BCUT2D eigenvalue weighted by molar-refractivity contribution is 6.72. The fourth-order valence-corrected chi connectivity index (χ4v) is 12.2. The van der Waals surface area contributed by atoms with Crippen LogP contribution >= 0.6 is 0 Å². The second-order valence-corrected chi connectivity index (χ2v) is 20.0. The molecule has 5 atom stereocenters. The lowest BCUT2D eigenvalue weighted by molar-refractivity contribution is -0.150. The van der Waals surface area contributed by atoms with E-state index < -0.39 is 37.5 Å². The number of benzene rings is 4. The van der Waals surface area contributed by atoms with Crippen LogP contribution in [-0.2, 0) is 26.5 Å². The van der Waals surface area contributed by atoms with Gasteiger partial charge in [0.25, 0.3) is 17.0 Å². The highest BCUT2D eigenvalue weighted by atomic mass is 28.4. The van der Waals surface area contributed by atoms with E-state index in [0.29, 0.717) is 57.3 Å². The molecule has 12 nitrogen and oxygen atoms in total. The van der Waals surface area contributed by atoms with Crippen LogP contribution in [0.25, 0.3) is 32.9 Å². The third-order valence-corrected chi connectivity index (χ3v) is 14.8. The van der Waals surface area contributed by atoms with Gasteiger partial charge in [0, 0.05) is 34.3 Å². The van der Waals surface area contributed by atoms with Crippen molar-refractivity contribution in [1.29, 1.82) is 0 Å². The first-order chi connectivity index (χ1) is 27.9. The Labute approximate surface area is 334 Å². The van der Waals surface area contributed by atoms with E-state index in [1.54, 1.807) is 89.9 Å².